The Morgan fingerprint density at radius 2 is 1.87 bits per heavy atom. The van der Waals surface area contributed by atoms with Gasteiger partial charge >= 0.3 is 0 Å². The predicted octanol–water partition coefficient (Wildman–Crippen LogP) is 2.81. The first-order valence-corrected chi connectivity index (χ1v) is 8.99. The number of halogens is 1. The third-order valence-electron chi connectivity index (χ3n) is 4.26. The Labute approximate surface area is 140 Å². The number of sulfone groups is 1. The molecule has 0 unspecified atom stereocenters. The number of nitriles is 1. The zero-order chi connectivity index (χ0) is 16.8. The van der Waals surface area contributed by atoms with Gasteiger partial charge in [0, 0.05) is 10.9 Å². The normalized spacial score (nSPS) is 26.5. The third-order valence-corrected chi connectivity index (χ3v) is 6.76. The van der Waals surface area contributed by atoms with E-state index < -0.39 is 26.5 Å². The summed E-state index contributed by atoms with van der Waals surface area (Å²) in [5.41, 5.74) is 6.28. The molecule has 0 aliphatic heterocycles. The molecule has 1 fully saturated rings. The molecule has 0 aromatic heterocycles. The van der Waals surface area contributed by atoms with Crippen LogP contribution in [-0.4, -0.2) is 19.2 Å². The highest BCUT2D eigenvalue weighted by molar-refractivity contribution is 7.92. The van der Waals surface area contributed by atoms with E-state index in [4.69, 9.17) is 17.3 Å². The number of nitrogens with two attached hydrogens (primary N) is 1. The van der Waals surface area contributed by atoms with Gasteiger partial charge in [-0.15, -0.1) is 0 Å². The maximum atomic E-state index is 12.9. The van der Waals surface area contributed by atoms with Crippen LogP contribution in [0.15, 0.2) is 53.4 Å². The number of rotatable bonds is 3. The van der Waals surface area contributed by atoms with Crippen molar-refractivity contribution in [3.05, 3.63) is 64.7 Å². The molecule has 0 amide bonds. The molecule has 23 heavy (non-hydrogen) atoms. The third kappa shape index (κ3) is 2.53. The molecule has 3 rings (SSSR count). The van der Waals surface area contributed by atoms with Gasteiger partial charge in [0.05, 0.1) is 11.0 Å². The number of benzene rings is 2. The molecule has 3 atom stereocenters. The number of nitrogens with zero attached hydrogens (tertiary/aromatic N) is 1. The van der Waals surface area contributed by atoms with Gasteiger partial charge in [-0.1, -0.05) is 41.4 Å². The number of hydrogen-bond acceptors (Lipinski definition) is 4. The van der Waals surface area contributed by atoms with Crippen LogP contribution in [0, 0.1) is 18.3 Å². The first-order chi connectivity index (χ1) is 10.8. The molecule has 4 nitrogen and oxygen atoms in total. The van der Waals surface area contributed by atoms with Gasteiger partial charge in [0.2, 0.25) is 0 Å². The lowest BCUT2D eigenvalue weighted by Crippen LogP contribution is -2.29. The summed E-state index contributed by atoms with van der Waals surface area (Å²) >= 11 is 5.98. The minimum absolute atomic E-state index is 0.183. The molecule has 0 saturated heterocycles. The van der Waals surface area contributed by atoms with Gasteiger partial charge in [-0.2, -0.15) is 5.26 Å². The summed E-state index contributed by atoms with van der Waals surface area (Å²) in [6, 6.07) is 15.4. The average molecular weight is 347 g/mol. The molecule has 2 aromatic rings. The van der Waals surface area contributed by atoms with Gasteiger partial charge in [0.1, 0.15) is 10.8 Å². The lowest BCUT2D eigenvalue weighted by atomic mass is 10.1. The van der Waals surface area contributed by atoms with Gasteiger partial charge < -0.3 is 5.73 Å². The van der Waals surface area contributed by atoms with Crippen molar-refractivity contribution in [2.24, 2.45) is 5.73 Å². The Hall–Kier alpha value is -1.87. The standard InChI is InChI=1S/C17H15ClN2O2S/c1-11-5-7-14(8-6-11)23(21,22)16-15(17(16,20)10-19)12-3-2-4-13(18)9-12/h2-9,15-16H,20H2,1H3/t15-,16-,17+/m1/s1. The van der Waals surface area contributed by atoms with E-state index in [1.807, 2.05) is 13.0 Å². The molecule has 6 heteroatoms. The second kappa shape index (κ2) is 5.34. The fourth-order valence-electron chi connectivity index (χ4n) is 2.97. The van der Waals surface area contributed by atoms with Gasteiger partial charge in [-0.25, -0.2) is 8.42 Å². The second-order valence-corrected chi connectivity index (χ2v) is 8.36. The highest BCUT2D eigenvalue weighted by atomic mass is 35.5. The summed E-state index contributed by atoms with van der Waals surface area (Å²) in [6.45, 7) is 1.88. The average Bonchev–Trinajstić information content (AvgIpc) is 3.15. The van der Waals surface area contributed by atoms with Crippen molar-refractivity contribution in [3.63, 3.8) is 0 Å². The van der Waals surface area contributed by atoms with Crippen molar-refractivity contribution in [2.75, 3.05) is 0 Å². The van der Waals surface area contributed by atoms with Crippen molar-refractivity contribution in [1.29, 1.82) is 5.26 Å². The van der Waals surface area contributed by atoms with Gasteiger partial charge in [-0.05, 0) is 36.8 Å². The van der Waals surface area contributed by atoms with Crippen LogP contribution in [0.25, 0.3) is 0 Å². The van der Waals surface area contributed by atoms with Crippen LogP contribution < -0.4 is 5.73 Å². The van der Waals surface area contributed by atoms with Crippen LogP contribution in [0.3, 0.4) is 0 Å². The molecule has 2 N–H and O–H groups in total. The number of aryl methyl sites for hydroxylation is 1. The van der Waals surface area contributed by atoms with Crippen molar-refractivity contribution in [1.82, 2.24) is 0 Å². The monoisotopic (exact) mass is 346 g/mol. The Kier molecular flexibility index (Phi) is 3.72. The van der Waals surface area contributed by atoms with Crippen molar-refractivity contribution >= 4 is 21.4 Å². The van der Waals surface area contributed by atoms with Gasteiger partial charge in [-0.3, -0.25) is 0 Å². The second-order valence-electron chi connectivity index (χ2n) is 5.86. The summed E-state index contributed by atoms with van der Waals surface area (Å²) in [5, 5.41) is 8.93. The van der Waals surface area contributed by atoms with E-state index in [2.05, 4.69) is 0 Å². The van der Waals surface area contributed by atoms with Crippen molar-refractivity contribution in [3.8, 4) is 6.07 Å². The molecular formula is C17H15ClN2O2S. The summed E-state index contributed by atoms with van der Waals surface area (Å²) in [7, 11) is -3.70. The molecule has 0 spiro atoms. The largest absolute Gasteiger partial charge is 0.312 e. The van der Waals surface area contributed by atoms with Crippen LogP contribution in [0.1, 0.15) is 17.0 Å². The Morgan fingerprint density at radius 1 is 1.22 bits per heavy atom. The summed E-state index contributed by atoms with van der Waals surface area (Å²) in [5.74, 6) is -0.586. The predicted molar refractivity (Wildman–Crippen MR) is 88.9 cm³/mol. The van der Waals surface area contributed by atoms with E-state index in [1.165, 1.54) is 0 Å². The van der Waals surface area contributed by atoms with Crippen LogP contribution in [0.2, 0.25) is 5.02 Å². The van der Waals surface area contributed by atoms with Crippen LogP contribution in [0.5, 0.6) is 0 Å². The minimum Gasteiger partial charge on any atom is -0.312 e. The van der Waals surface area contributed by atoms with E-state index >= 15 is 0 Å². The Morgan fingerprint density at radius 3 is 2.43 bits per heavy atom. The first-order valence-electron chi connectivity index (χ1n) is 7.07. The summed E-state index contributed by atoms with van der Waals surface area (Å²) < 4.78 is 25.8. The summed E-state index contributed by atoms with van der Waals surface area (Å²) in [4.78, 5) is 0.183. The van der Waals surface area contributed by atoms with E-state index in [1.54, 1.807) is 48.5 Å². The Balaban J connectivity index is 2.05. The maximum Gasteiger partial charge on any atom is 0.184 e. The minimum atomic E-state index is -3.70. The Bertz CT molecular complexity index is 903. The zero-order valence-corrected chi connectivity index (χ0v) is 14.0. The topological polar surface area (TPSA) is 83.9 Å². The fourth-order valence-corrected chi connectivity index (χ4v) is 5.35. The van der Waals surface area contributed by atoms with Crippen LogP contribution in [0.4, 0.5) is 0 Å². The molecule has 1 aliphatic carbocycles. The van der Waals surface area contributed by atoms with Crippen LogP contribution >= 0.6 is 11.6 Å². The molecule has 0 radical (unpaired) electrons. The van der Waals surface area contributed by atoms with E-state index in [9.17, 15) is 13.7 Å². The maximum absolute atomic E-state index is 12.9. The first kappa shape index (κ1) is 16.0. The smallest absolute Gasteiger partial charge is 0.184 e. The lowest BCUT2D eigenvalue weighted by Gasteiger charge is -2.05. The molecule has 1 saturated carbocycles. The zero-order valence-electron chi connectivity index (χ0n) is 12.4. The van der Waals surface area contributed by atoms with Crippen molar-refractivity contribution in [2.45, 2.75) is 28.5 Å². The van der Waals surface area contributed by atoms with Crippen molar-refractivity contribution < 1.29 is 8.42 Å². The fraction of sp³-hybridized carbons (Fsp3) is 0.235. The quantitative estimate of drug-likeness (QED) is 0.926. The highest BCUT2D eigenvalue weighted by Crippen LogP contribution is 2.55. The molecule has 0 bridgehead atoms. The number of hydrogen-bond donors (Lipinski definition) is 1. The van der Waals surface area contributed by atoms with E-state index in [0.717, 1.165) is 5.56 Å². The van der Waals surface area contributed by atoms with Gasteiger partial charge in [0.25, 0.3) is 0 Å². The van der Waals surface area contributed by atoms with Gasteiger partial charge in [0.15, 0.2) is 9.84 Å². The van der Waals surface area contributed by atoms with E-state index in [0.29, 0.717) is 10.6 Å². The molecule has 118 valence electrons. The molecule has 0 heterocycles. The molecular weight excluding hydrogens is 332 g/mol. The highest BCUT2D eigenvalue weighted by Gasteiger charge is 2.70. The van der Waals surface area contributed by atoms with Crippen LogP contribution in [-0.2, 0) is 9.84 Å². The molecule has 2 aromatic carbocycles. The lowest BCUT2D eigenvalue weighted by molar-refractivity contribution is 0.592. The summed E-state index contributed by atoms with van der Waals surface area (Å²) in [6.07, 6.45) is 0. The SMILES string of the molecule is Cc1ccc(S(=O)(=O)[C@@H]2[C@@H](c3cccc(Cl)c3)[C@@]2(N)C#N)cc1. The molecule has 1 aliphatic rings. The van der Waals surface area contributed by atoms with E-state index in [-0.39, 0.29) is 4.90 Å².